The number of methoxy groups -OCH3 is 4. The molecule has 2 aromatic carbocycles. The van der Waals surface area contributed by atoms with Gasteiger partial charge in [0.1, 0.15) is 41.1 Å². The van der Waals surface area contributed by atoms with E-state index in [1.165, 1.54) is 26.4 Å². The number of phenolic OH excluding ortho intramolecular Hbond substituents is 1. The standard InChI is InChI=1S/C12H14O4.C8H10O3.C2H6/c1-7-9(13)6-16-11-5-8(14-2)4-10(15-3)12(7)11;1-10-7-3-6(9)4-8(5-7)11-2;1-2/h4-5,7H,6H2,1-3H3;3-5,9H,1-2H3;1-2H3. The normalized spacial score (nSPS) is 14.0. The van der Waals surface area contributed by atoms with Crippen molar-refractivity contribution in [3.8, 4) is 34.5 Å². The lowest BCUT2D eigenvalue weighted by molar-refractivity contribution is -0.123. The van der Waals surface area contributed by atoms with Gasteiger partial charge in [0.25, 0.3) is 0 Å². The molecule has 1 aliphatic heterocycles. The zero-order chi connectivity index (χ0) is 22.0. The van der Waals surface area contributed by atoms with Crippen LogP contribution in [0.15, 0.2) is 30.3 Å². The summed E-state index contributed by atoms with van der Waals surface area (Å²) in [4.78, 5) is 11.6. The fraction of sp³-hybridized carbons (Fsp3) is 0.409. The summed E-state index contributed by atoms with van der Waals surface area (Å²) < 4.78 is 25.6. The molecule has 0 saturated carbocycles. The highest BCUT2D eigenvalue weighted by Crippen LogP contribution is 2.41. The number of phenols is 1. The third kappa shape index (κ3) is 6.20. The van der Waals surface area contributed by atoms with Gasteiger partial charge in [0.05, 0.1) is 34.4 Å². The molecule has 3 rings (SSSR count). The molecular weight excluding hydrogens is 376 g/mol. The Morgan fingerprint density at radius 3 is 1.86 bits per heavy atom. The Balaban J connectivity index is 0.000000284. The Morgan fingerprint density at radius 1 is 0.862 bits per heavy atom. The molecule has 2 aromatic rings. The first-order chi connectivity index (χ1) is 13.9. The molecule has 0 amide bonds. The van der Waals surface area contributed by atoms with Crippen LogP contribution in [0.1, 0.15) is 32.3 Å². The van der Waals surface area contributed by atoms with E-state index in [1.807, 2.05) is 20.8 Å². The van der Waals surface area contributed by atoms with Crippen LogP contribution in [-0.2, 0) is 4.79 Å². The summed E-state index contributed by atoms with van der Waals surface area (Å²) >= 11 is 0. The summed E-state index contributed by atoms with van der Waals surface area (Å²) in [6.45, 7) is 5.98. The van der Waals surface area contributed by atoms with E-state index in [0.717, 1.165) is 5.56 Å². The maximum absolute atomic E-state index is 11.6. The summed E-state index contributed by atoms with van der Waals surface area (Å²) in [5.74, 6) is 3.15. The number of fused-ring (bicyclic) bond motifs is 1. The van der Waals surface area contributed by atoms with Crippen molar-refractivity contribution in [2.75, 3.05) is 35.0 Å². The average molecular weight is 406 g/mol. The highest BCUT2D eigenvalue weighted by molar-refractivity contribution is 5.90. The zero-order valence-corrected chi connectivity index (χ0v) is 18.1. The van der Waals surface area contributed by atoms with Gasteiger partial charge >= 0.3 is 0 Å². The van der Waals surface area contributed by atoms with E-state index in [0.29, 0.717) is 28.7 Å². The van der Waals surface area contributed by atoms with Crippen molar-refractivity contribution >= 4 is 5.78 Å². The fourth-order valence-corrected chi connectivity index (χ4v) is 2.64. The quantitative estimate of drug-likeness (QED) is 0.814. The number of hydrogen-bond donors (Lipinski definition) is 1. The van der Waals surface area contributed by atoms with Crippen LogP contribution in [0.3, 0.4) is 0 Å². The van der Waals surface area contributed by atoms with Crippen molar-refractivity contribution in [3.63, 3.8) is 0 Å². The second kappa shape index (κ2) is 11.7. The first-order valence-corrected chi connectivity index (χ1v) is 9.27. The Morgan fingerprint density at radius 2 is 1.38 bits per heavy atom. The molecule has 0 fully saturated rings. The number of ether oxygens (including phenoxy) is 5. The van der Waals surface area contributed by atoms with Gasteiger partial charge in [0, 0.05) is 35.9 Å². The van der Waals surface area contributed by atoms with E-state index in [-0.39, 0.29) is 24.1 Å². The Bertz CT molecular complexity index is 762. The number of rotatable bonds is 4. The number of aromatic hydroxyl groups is 1. The number of carbonyl (C=O) groups is 1. The van der Waals surface area contributed by atoms with Crippen LogP contribution in [0.25, 0.3) is 0 Å². The van der Waals surface area contributed by atoms with E-state index >= 15 is 0 Å². The molecule has 29 heavy (non-hydrogen) atoms. The largest absolute Gasteiger partial charge is 0.508 e. The van der Waals surface area contributed by atoms with E-state index in [9.17, 15) is 4.79 Å². The molecule has 0 saturated heterocycles. The highest BCUT2D eigenvalue weighted by atomic mass is 16.5. The first kappa shape index (κ1) is 23.9. The molecule has 7 heteroatoms. The lowest BCUT2D eigenvalue weighted by atomic mass is 9.93. The molecular formula is C22H30O7. The van der Waals surface area contributed by atoms with Crippen LogP contribution >= 0.6 is 0 Å². The van der Waals surface area contributed by atoms with Crippen LogP contribution in [0.2, 0.25) is 0 Å². The topological polar surface area (TPSA) is 83.5 Å². The Kier molecular flexibility index (Phi) is 9.65. The minimum absolute atomic E-state index is 0.0657. The summed E-state index contributed by atoms with van der Waals surface area (Å²) in [7, 11) is 6.22. The van der Waals surface area contributed by atoms with Gasteiger partial charge in [0.15, 0.2) is 5.78 Å². The van der Waals surface area contributed by atoms with Crippen molar-refractivity contribution in [2.24, 2.45) is 0 Å². The average Bonchev–Trinajstić information content (AvgIpc) is 2.76. The maximum Gasteiger partial charge on any atom is 0.177 e. The van der Waals surface area contributed by atoms with Crippen LogP contribution in [0.5, 0.6) is 34.5 Å². The van der Waals surface area contributed by atoms with E-state index in [4.69, 9.17) is 28.8 Å². The molecule has 1 atom stereocenters. The molecule has 160 valence electrons. The van der Waals surface area contributed by atoms with Crippen molar-refractivity contribution in [1.82, 2.24) is 0 Å². The number of benzene rings is 2. The minimum Gasteiger partial charge on any atom is -0.508 e. The molecule has 1 N–H and O–H groups in total. The van der Waals surface area contributed by atoms with Gasteiger partial charge in [-0.1, -0.05) is 20.8 Å². The highest BCUT2D eigenvalue weighted by Gasteiger charge is 2.29. The number of hydrogen-bond acceptors (Lipinski definition) is 7. The molecule has 0 bridgehead atoms. The molecule has 0 radical (unpaired) electrons. The summed E-state index contributed by atoms with van der Waals surface area (Å²) in [5.41, 5.74) is 0.805. The van der Waals surface area contributed by atoms with Crippen LogP contribution in [-0.4, -0.2) is 45.9 Å². The Hall–Kier alpha value is -3.09. The number of Topliss-reactive ketones (excluding diaryl/α,β-unsaturated/α-hetero) is 1. The van der Waals surface area contributed by atoms with Gasteiger partial charge < -0.3 is 28.8 Å². The van der Waals surface area contributed by atoms with Gasteiger partial charge in [-0.15, -0.1) is 0 Å². The summed E-state index contributed by atoms with van der Waals surface area (Å²) in [6.07, 6.45) is 0. The third-order valence-electron chi connectivity index (χ3n) is 4.16. The number of carbonyl (C=O) groups excluding carboxylic acids is 1. The van der Waals surface area contributed by atoms with E-state index in [2.05, 4.69) is 0 Å². The molecule has 0 aromatic heterocycles. The van der Waals surface area contributed by atoms with E-state index < -0.39 is 0 Å². The maximum atomic E-state index is 11.6. The molecule has 7 nitrogen and oxygen atoms in total. The second-order valence-corrected chi connectivity index (χ2v) is 5.79. The predicted molar refractivity (Wildman–Crippen MR) is 111 cm³/mol. The van der Waals surface area contributed by atoms with Crippen molar-refractivity contribution in [3.05, 3.63) is 35.9 Å². The molecule has 0 spiro atoms. The fourth-order valence-electron chi connectivity index (χ4n) is 2.64. The molecule has 1 unspecified atom stereocenters. The van der Waals surface area contributed by atoms with Crippen LogP contribution < -0.4 is 23.7 Å². The SMILES string of the molecule is CC.COc1cc(O)cc(OC)c1.COc1cc(OC)c2c(c1)OCC(=O)C2C. The van der Waals surface area contributed by atoms with Gasteiger partial charge in [-0.2, -0.15) is 0 Å². The van der Waals surface area contributed by atoms with Crippen molar-refractivity contribution in [1.29, 1.82) is 0 Å². The Labute approximate surface area is 172 Å². The molecule has 1 aliphatic rings. The molecule has 0 aliphatic carbocycles. The summed E-state index contributed by atoms with van der Waals surface area (Å²) in [5, 5.41) is 9.10. The van der Waals surface area contributed by atoms with E-state index in [1.54, 1.807) is 32.4 Å². The second-order valence-electron chi connectivity index (χ2n) is 5.79. The van der Waals surface area contributed by atoms with Crippen molar-refractivity contribution < 1.29 is 33.6 Å². The summed E-state index contributed by atoms with van der Waals surface area (Å²) in [6, 6.07) is 8.27. The van der Waals surface area contributed by atoms with Crippen LogP contribution in [0.4, 0.5) is 0 Å². The van der Waals surface area contributed by atoms with Gasteiger partial charge in [-0.25, -0.2) is 0 Å². The van der Waals surface area contributed by atoms with Gasteiger partial charge in [-0.05, 0) is 0 Å². The van der Waals surface area contributed by atoms with Gasteiger partial charge in [0.2, 0.25) is 0 Å². The minimum atomic E-state index is -0.190. The van der Waals surface area contributed by atoms with Crippen molar-refractivity contribution in [2.45, 2.75) is 26.7 Å². The third-order valence-corrected chi connectivity index (χ3v) is 4.16. The first-order valence-electron chi connectivity index (χ1n) is 9.27. The van der Waals surface area contributed by atoms with Gasteiger partial charge in [-0.3, -0.25) is 4.79 Å². The molecule has 1 heterocycles. The lowest BCUT2D eigenvalue weighted by Crippen LogP contribution is -2.24. The predicted octanol–water partition coefficient (Wildman–Crippen LogP) is 4.20. The monoisotopic (exact) mass is 406 g/mol. The zero-order valence-electron chi connectivity index (χ0n) is 18.1. The lowest BCUT2D eigenvalue weighted by Gasteiger charge is -2.24. The smallest absolute Gasteiger partial charge is 0.177 e. The van der Waals surface area contributed by atoms with Crippen LogP contribution in [0, 0.1) is 0 Å². The number of ketones is 1.